The smallest absolute Gasteiger partial charge is 0.154 e. The number of aromatic nitrogens is 3. The van der Waals surface area contributed by atoms with Crippen LogP contribution in [0.4, 0.5) is 10.2 Å². The molecule has 0 saturated heterocycles. The molecule has 154 valence electrons. The molecule has 7 heteroatoms. The van der Waals surface area contributed by atoms with Gasteiger partial charge in [-0.1, -0.05) is 12.1 Å². The SMILES string of the molecule is CC(N)COc1ccc(-c2cnc3ccc(NC(C)c4cccc(F)c4)nn23)cc1. The average molecular weight is 405 g/mol. The van der Waals surface area contributed by atoms with Gasteiger partial charge in [-0.05, 0) is 67.9 Å². The van der Waals surface area contributed by atoms with Crippen LogP contribution in [0.5, 0.6) is 5.75 Å². The molecule has 0 spiro atoms. The zero-order valence-corrected chi connectivity index (χ0v) is 16.9. The first-order valence-corrected chi connectivity index (χ1v) is 9.85. The lowest BCUT2D eigenvalue weighted by Gasteiger charge is -2.15. The quantitative estimate of drug-likeness (QED) is 0.475. The number of ether oxygens (including phenoxy) is 1. The highest BCUT2D eigenvalue weighted by molar-refractivity contribution is 5.64. The van der Waals surface area contributed by atoms with E-state index in [1.54, 1.807) is 16.8 Å². The van der Waals surface area contributed by atoms with Gasteiger partial charge in [0.2, 0.25) is 0 Å². The summed E-state index contributed by atoms with van der Waals surface area (Å²) >= 11 is 0. The third-order valence-corrected chi connectivity index (χ3v) is 4.74. The molecule has 2 aromatic carbocycles. The fourth-order valence-electron chi connectivity index (χ4n) is 3.18. The van der Waals surface area contributed by atoms with Crippen molar-refractivity contribution in [2.45, 2.75) is 25.9 Å². The van der Waals surface area contributed by atoms with Crippen LogP contribution in [0.15, 0.2) is 66.9 Å². The maximum atomic E-state index is 13.5. The predicted octanol–water partition coefficient (Wildman–Crippen LogP) is 4.43. The molecule has 0 radical (unpaired) electrons. The van der Waals surface area contributed by atoms with Crippen LogP contribution in [-0.4, -0.2) is 27.2 Å². The van der Waals surface area contributed by atoms with E-state index in [1.807, 2.05) is 56.3 Å². The van der Waals surface area contributed by atoms with Gasteiger partial charge in [-0.2, -0.15) is 0 Å². The Balaban J connectivity index is 1.57. The van der Waals surface area contributed by atoms with E-state index >= 15 is 0 Å². The third-order valence-electron chi connectivity index (χ3n) is 4.74. The number of fused-ring (bicyclic) bond motifs is 1. The van der Waals surface area contributed by atoms with Crippen molar-refractivity contribution < 1.29 is 9.13 Å². The van der Waals surface area contributed by atoms with Gasteiger partial charge >= 0.3 is 0 Å². The second-order valence-electron chi connectivity index (χ2n) is 7.37. The Kier molecular flexibility index (Phi) is 5.63. The summed E-state index contributed by atoms with van der Waals surface area (Å²) in [4.78, 5) is 4.44. The predicted molar refractivity (Wildman–Crippen MR) is 116 cm³/mol. The van der Waals surface area contributed by atoms with Gasteiger partial charge in [0.25, 0.3) is 0 Å². The molecular formula is C23H24FN5O. The van der Waals surface area contributed by atoms with Crippen molar-refractivity contribution in [1.82, 2.24) is 14.6 Å². The number of nitrogens with zero attached hydrogens (tertiary/aromatic N) is 3. The number of rotatable bonds is 7. The van der Waals surface area contributed by atoms with E-state index in [1.165, 1.54) is 12.1 Å². The Hall–Kier alpha value is -3.45. The summed E-state index contributed by atoms with van der Waals surface area (Å²) in [5.41, 5.74) is 9.16. The van der Waals surface area contributed by atoms with Crippen molar-refractivity contribution in [3.8, 4) is 17.0 Å². The van der Waals surface area contributed by atoms with Gasteiger partial charge in [0.05, 0.1) is 17.9 Å². The zero-order chi connectivity index (χ0) is 21.1. The maximum absolute atomic E-state index is 13.5. The number of nitrogens with two attached hydrogens (primary N) is 1. The van der Waals surface area contributed by atoms with Gasteiger partial charge < -0.3 is 15.8 Å². The Labute approximate surface area is 174 Å². The van der Waals surface area contributed by atoms with Gasteiger partial charge in [-0.25, -0.2) is 13.9 Å². The van der Waals surface area contributed by atoms with Crippen LogP contribution in [0.3, 0.4) is 0 Å². The fraction of sp³-hybridized carbons (Fsp3) is 0.217. The van der Waals surface area contributed by atoms with E-state index < -0.39 is 0 Å². The lowest BCUT2D eigenvalue weighted by Crippen LogP contribution is -2.23. The van der Waals surface area contributed by atoms with Crippen molar-refractivity contribution in [2.24, 2.45) is 5.73 Å². The first-order valence-electron chi connectivity index (χ1n) is 9.85. The number of benzene rings is 2. The second-order valence-corrected chi connectivity index (χ2v) is 7.37. The minimum Gasteiger partial charge on any atom is -0.492 e. The molecule has 2 heterocycles. The molecule has 0 fully saturated rings. The third kappa shape index (κ3) is 4.41. The number of nitrogens with one attached hydrogen (secondary N) is 1. The highest BCUT2D eigenvalue weighted by atomic mass is 19.1. The van der Waals surface area contributed by atoms with E-state index in [-0.39, 0.29) is 17.9 Å². The second kappa shape index (κ2) is 8.51. The molecule has 30 heavy (non-hydrogen) atoms. The Morgan fingerprint density at radius 1 is 1.10 bits per heavy atom. The summed E-state index contributed by atoms with van der Waals surface area (Å²) in [6.07, 6.45) is 1.79. The van der Waals surface area contributed by atoms with Crippen molar-refractivity contribution in [3.63, 3.8) is 0 Å². The Bertz CT molecular complexity index is 1140. The minimum atomic E-state index is -0.255. The number of anilines is 1. The molecule has 2 atom stereocenters. The zero-order valence-electron chi connectivity index (χ0n) is 16.9. The molecular weight excluding hydrogens is 381 g/mol. The van der Waals surface area contributed by atoms with E-state index in [0.29, 0.717) is 12.4 Å². The van der Waals surface area contributed by atoms with Crippen LogP contribution in [0, 0.1) is 5.82 Å². The minimum absolute atomic E-state index is 0.0201. The highest BCUT2D eigenvalue weighted by Crippen LogP contribution is 2.25. The molecule has 2 aromatic heterocycles. The van der Waals surface area contributed by atoms with E-state index in [4.69, 9.17) is 10.5 Å². The van der Waals surface area contributed by atoms with Gasteiger partial charge in [0.1, 0.15) is 24.0 Å². The monoisotopic (exact) mass is 405 g/mol. The standard InChI is InChI=1S/C23H24FN5O/c1-15(25)14-30-20-8-6-17(7-9-20)21-13-26-23-11-10-22(28-29(21)23)27-16(2)18-4-3-5-19(24)12-18/h3-13,15-16H,14,25H2,1-2H3,(H,27,28). The van der Waals surface area contributed by atoms with Crippen molar-refractivity contribution in [3.05, 3.63) is 78.2 Å². The Morgan fingerprint density at radius 2 is 1.90 bits per heavy atom. The molecule has 0 bridgehead atoms. The summed E-state index contributed by atoms with van der Waals surface area (Å²) < 4.78 is 20.9. The normalized spacial score (nSPS) is 13.2. The van der Waals surface area contributed by atoms with Gasteiger partial charge in [0, 0.05) is 11.6 Å². The lowest BCUT2D eigenvalue weighted by atomic mass is 10.1. The van der Waals surface area contributed by atoms with Crippen molar-refractivity contribution in [1.29, 1.82) is 0 Å². The summed E-state index contributed by atoms with van der Waals surface area (Å²) in [5.74, 6) is 1.19. The van der Waals surface area contributed by atoms with Crippen LogP contribution >= 0.6 is 0 Å². The number of hydrogen-bond acceptors (Lipinski definition) is 5. The van der Waals surface area contributed by atoms with Crippen LogP contribution in [0.25, 0.3) is 16.9 Å². The van der Waals surface area contributed by atoms with Crippen LogP contribution in [0.2, 0.25) is 0 Å². The van der Waals surface area contributed by atoms with Gasteiger partial charge in [-0.3, -0.25) is 0 Å². The lowest BCUT2D eigenvalue weighted by molar-refractivity contribution is 0.296. The topological polar surface area (TPSA) is 77.5 Å². The molecule has 0 aliphatic rings. The Morgan fingerprint density at radius 3 is 2.63 bits per heavy atom. The largest absolute Gasteiger partial charge is 0.492 e. The van der Waals surface area contributed by atoms with Crippen LogP contribution in [0.1, 0.15) is 25.5 Å². The summed E-state index contributed by atoms with van der Waals surface area (Å²) in [7, 11) is 0. The van der Waals surface area contributed by atoms with E-state index in [2.05, 4.69) is 15.4 Å². The van der Waals surface area contributed by atoms with Crippen molar-refractivity contribution in [2.75, 3.05) is 11.9 Å². The van der Waals surface area contributed by atoms with Gasteiger partial charge in [0.15, 0.2) is 5.65 Å². The maximum Gasteiger partial charge on any atom is 0.154 e. The van der Waals surface area contributed by atoms with Crippen molar-refractivity contribution >= 4 is 11.5 Å². The average Bonchev–Trinajstić information content (AvgIpc) is 3.16. The first-order chi connectivity index (χ1) is 14.5. The molecule has 3 N–H and O–H groups in total. The summed E-state index contributed by atoms with van der Waals surface area (Å²) in [6, 6.07) is 18.0. The number of hydrogen-bond donors (Lipinski definition) is 2. The molecule has 0 amide bonds. The van der Waals surface area contributed by atoms with Gasteiger partial charge in [-0.15, -0.1) is 5.10 Å². The molecule has 4 aromatic rings. The molecule has 0 saturated carbocycles. The van der Waals surface area contributed by atoms with E-state index in [9.17, 15) is 4.39 Å². The molecule has 2 unspecified atom stereocenters. The highest BCUT2D eigenvalue weighted by Gasteiger charge is 2.11. The summed E-state index contributed by atoms with van der Waals surface area (Å²) in [6.45, 7) is 4.34. The first kappa shape index (κ1) is 19.8. The molecule has 4 rings (SSSR count). The molecule has 0 aliphatic heterocycles. The fourth-order valence-corrected chi connectivity index (χ4v) is 3.18. The number of imidazole rings is 1. The van der Waals surface area contributed by atoms with E-state index in [0.717, 1.165) is 28.2 Å². The molecule has 0 aliphatic carbocycles. The van der Waals surface area contributed by atoms with Crippen LogP contribution in [-0.2, 0) is 0 Å². The van der Waals surface area contributed by atoms with Crippen LogP contribution < -0.4 is 15.8 Å². The summed E-state index contributed by atoms with van der Waals surface area (Å²) in [5, 5.41) is 8.01. The number of halogens is 1. The molecule has 6 nitrogen and oxygen atoms in total.